The predicted molar refractivity (Wildman–Crippen MR) is 104 cm³/mol. The lowest BCUT2D eigenvalue weighted by atomic mass is 10.2. The number of thioether (sulfide) groups is 1. The Morgan fingerprint density at radius 3 is 2.96 bits per heavy atom. The minimum atomic E-state index is -0.186. The van der Waals surface area contributed by atoms with Gasteiger partial charge in [0.2, 0.25) is 5.91 Å². The standard InChI is InChI=1S/C20H19N3O2S/c1-12-7-8-15-16(9-12)23-20(22-15)26-11-19(24)21-13(2)18-10-14-5-3-4-6-17(14)25-18/h3-10,13H,11H2,1-2H3,(H,21,24)(H,22,23)/t13-/m0/s1. The number of aromatic amines is 1. The molecule has 0 bridgehead atoms. The van der Waals surface area contributed by atoms with Crippen LogP contribution in [0.3, 0.4) is 0 Å². The molecule has 0 aliphatic rings. The number of rotatable bonds is 5. The van der Waals surface area contributed by atoms with E-state index < -0.39 is 0 Å². The Hall–Kier alpha value is -2.73. The van der Waals surface area contributed by atoms with Crippen molar-refractivity contribution in [3.05, 3.63) is 59.9 Å². The maximum absolute atomic E-state index is 12.3. The summed E-state index contributed by atoms with van der Waals surface area (Å²) in [6.45, 7) is 3.96. The monoisotopic (exact) mass is 365 g/mol. The summed E-state index contributed by atoms with van der Waals surface area (Å²) in [6, 6.07) is 15.7. The first-order valence-corrected chi connectivity index (χ1v) is 9.44. The van der Waals surface area contributed by atoms with Crippen LogP contribution >= 0.6 is 11.8 Å². The number of nitrogens with one attached hydrogen (secondary N) is 2. The van der Waals surface area contributed by atoms with E-state index in [0.29, 0.717) is 5.75 Å². The van der Waals surface area contributed by atoms with Crippen molar-refractivity contribution in [1.29, 1.82) is 0 Å². The second kappa shape index (κ2) is 6.88. The van der Waals surface area contributed by atoms with Crippen LogP contribution in [0.2, 0.25) is 0 Å². The molecule has 5 nitrogen and oxygen atoms in total. The van der Waals surface area contributed by atoms with Crippen LogP contribution in [0.4, 0.5) is 0 Å². The number of carbonyl (C=O) groups excluding carboxylic acids is 1. The molecule has 0 saturated carbocycles. The molecule has 0 spiro atoms. The summed E-state index contributed by atoms with van der Waals surface area (Å²) >= 11 is 1.39. The van der Waals surface area contributed by atoms with Crippen LogP contribution in [0.1, 0.15) is 24.3 Å². The van der Waals surface area contributed by atoms with E-state index in [4.69, 9.17) is 4.42 Å². The van der Waals surface area contributed by atoms with Gasteiger partial charge >= 0.3 is 0 Å². The lowest BCUT2D eigenvalue weighted by Gasteiger charge is -2.10. The molecule has 0 saturated heterocycles. The number of aryl methyl sites for hydroxylation is 1. The number of hydrogen-bond acceptors (Lipinski definition) is 4. The summed E-state index contributed by atoms with van der Waals surface area (Å²) in [5.74, 6) is 0.993. The van der Waals surface area contributed by atoms with Crippen LogP contribution in [0.25, 0.3) is 22.0 Å². The normalized spacial score (nSPS) is 12.5. The molecule has 1 amide bonds. The summed E-state index contributed by atoms with van der Waals surface area (Å²) in [7, 11) is 0. The van der Waals surface area contributed by atoms with Crippen molar-refractivity contribution in [3.8, 4) is 0 Å². The number of fused-ring (bicyclic) bond motifs is 2. The molecule has 4 rings (SSSR count). The van der Waals surface area contributed by atoms with Crippen LogP contribution < -0.4 is 5.32 Å². The van der Waals surface area contributed by atoms with E-state index in [1.807, 2.05) is 56.3 Å². The van der Waals surface area contributed by atoms with E-state index in [2.05, 4.69) is 21.4 Å². The topological polar surface area (TPSA) is 70.9 Å². The van der Waals surface area contributed by atoms with E-state index in [0.717, 1.165) is 32.9 Å². The largest absolute Gasteiger partial charge is 0.459 e. The van der Waals surface area contributed by atoms with Crippen molar-refractivity contribution in [1.82, 2.24) is 15.3 Å². The van der Waals surface area contributed by atoms with Gasteiger partial charge in [0.25, 0.3) is 0 Å². The van der Waals surface area contributed by atoms with Crippen LogP contribution in [-0.4, -0.2) is 21.6 Å². The number of hydrogen-bond donors (Lipinski definition) is 2. The van der Waals surface area contributed by atoms with Crippen LogP contribution in [0.15, 0.2) is 58.1 Å². The summed E-state index contributed by atoms with van der Waals surface area (Å²) in [4.78, 5) is 20.0. The van der Waals surface area contributed by atoms with E-state index in [1.165, 1.54) is 17.3 Å². The molecule has 2 heterocycles. The van der Waals surface area contributed by atoms with Crippen molar-refractivity contribution < 1.29 is 9.21 Å². The molecule has 0 radical (unpaired) electrons. The van der Waals surface area contributed by atoms with Gasteiger partial charge in [-0.05, 0) is 43.7 Å². The SMILES string of the molecule is Cc1ccc2nc(SCC(=O)N[C@@H](C)c3cc4ccccc4o3)[nH]c2c1. The average Bonchev–Trinajstić information content (AvgIpc) is 3.23. The van der Waals surface area contributed by atoms with Gasteiger partial charge in [0.1, 0.15) is 11.3 Å². The molecule has 1 atom stereocenters. The maximum atomic E-state index is 12.3. The summed E-state index contributed by atoms with van der Waals surface area (Å²) < 4.78 is 5.80. The highest BCUT2D eigenvalue weighted by Gasteiger charge is 2.15. The van der Waals surface area contributed by atoms with Gasteiger partial charge in [-0.3, -0.25) is 4.79 Å². The Balaban J connectivity index is 1.38. The number of H-pyrrole nitrogens is 1. The second-order valence-corrected chi connectivity index (χ2v) is 7.29. The van der Waals surface area contributed by atoms with Gasteiger partial charge < -0.3 is 14.7 Å². The molecule has 0 fully saturated rings. The van der Waals surface area contributed by atoms with Crippen LogP contribution in [0.5, 0.6) is 0 Å². The highest BCUT2D eigenvalue weighted by atomic mass is 32.2. The Bertz CT molecular complexity index is 1050. The summed E-state index contributed by atoms with van der Waals surface area (Å²) in [5, 5.41) is 4.76. The molecule has 4 aromatic rings. The van der Waals surface area contributed by atoms with Crippen LogP contribution in [-0.2, 0) is 4.79 Å². The molecule has 0 unspecified atom stereocenters. The van der Waals surface area contributed by atoms with E-state index in [9.17, 15) is 4.79 Å². The Morgan fingerprint density at radius 2 is 2.12 bits per heavy atom. The zero-order valence-electron chi connectivity index (χ0n) is 14.6. The fourth-order valence-electron chi connectivity index (χ4n) is 2.87. The van der Waals surface area contributed by atoms with Crippen molar-refractivity contribution in [2.24, 2.45) is 0 Å². The number of benzene rings is 2. The van der Waals surface area contributed by atoms with Gasteiger partial charge in [0.05, 0.1) is 22.8 Å². The molecule has 2 aromatic carbocycles. The van der Waals surface area contributed by atoms with Crippen molar-refractivity contribution in [2.75, 3.05) is 5.75 Å². The van der Waals surface area contributed by atoms with E-state index in [1.54, 1.807) is 0 Å². The summed E-state index contributed by atoms with van der Waals surface area (Å²) in [5.41, 5.74) is 3.91. The second-order valence-electron chi connectivity index (χ2n) is 6.33. The fraction of sp³-hybridized carbons (Fsp3) is 0.200. The number of imidazole rings is 1. The molecule has 26 heavy (non-hydrogen) atoms. The van der Waals surface area contributed by atoms with Gasteiger partial charge in [0.15, 0.2) is 5.16 Å². The molecule has 2 N–H and O–H groups in total. The van der Waals surface area contributed by atoms with Gasteiger partial charge in [0, 0.05) is 5.39 Å². The molecule has 132 valence electrons. The first-order chi connectivity index (χ1) is 12.6. The fourth-order valence-corrected chi connectivity index (χ4v) is 3.57. The lowest BCUT2D eigenvalue weighted by Crippen LogP contribution is -2.27. The Morgan fingerprint density at radius 1 is 1.27 bits per heavy atom. The van der Waals surface area contributed by atoms with Gasteiger partial charge in [-0.15, -0.1) is 0 Å². The highest BCUT2D eigenvalue weighted by molar-refractivity contribution is 7.99. The first-order valence-electron chi connectivity index (χ1n) is 8.45. The quantitative estimate of drug-likeness (QED) is 0.508. The zero-order valence-corrected chi connectivity index (χ0v) is 15.4. The van der Waals surface area contributed by atoms with E-state index in [-0.39, 0.29) is 11.9 Å². The average molecular weight is 365 g/mol. The maximum Gasteiger partial charge on any atom is 0.231 e. The van der Waals surface area contributed by atoms with E-state index >= 15 is 0 Å². The van der Waals surface area contributed by atoms with Gasteiger partial charge in [-0.2, -0.15) is 0 Å². The van der Waals surface area contributed by atoms with Crippen molar-refractivity contribution in [2.45, 2.75) is 25.0 Å². The number of para-hydroxylation sites is 1. The third kappa shape index (κ3) is 3.46. The Labute approximate surface area is 155 Å². The van der Waals surface area contributed by atoms with Crippen LogP contribution in [0, 0.1) is 6.92 Å². The number of furan rings is 1. The van der Waals surface area contributed by atoms with Crippen molar-refractivity contribution >= 4 is 39.7 Å². The molecular weight excluding hydrogens is 346 g/mol. The minimum absolute atomic E-state index is 0.0559. The molecule has 0 aliphatic heterocycles. The number of amides is 1. The number of carbonyl (C=O) groups is 1. The molecule has 2 aromatic heterocycles. The number of aromatic nitrogens is 2. The number of nitrogens with zero attached hydrogens (tertiary/aromatic N) is 1. The first kappa shape index (κ1) is 16.7. The third-order valence-corrected chi connectivity index (χ3v) is 5.08. The summed E-state index contributed by atoms with van der Waals surface area (Å²) in [6.07, 6.45) is 0. The van der Waals surface area contributed by atoms with Gasteiger partial charge in [-0.1, -0.05) is 36.0 Å². The molecule has 0 aliphatic carbocycles. The predicted octanol–water partition coefficient (Wildman–Crippen LogP) is 4.59. The van der Waals surface area contributed by atoms with Gasteiger partial charge in [-0.25, -0.2) is 4.98 Å². The smallest absolute Gasteiger partial charge is 0.231 e. The minimum Gasteiger partial charge on any atom is -0.459 e. The van der Waals surface area contributed by atoms with Crippen molar-refractivity contribution in [3.63, 3.8) is 0 Å². The molecular formula is C20H19N3O2S. The molecule has 6 heteroatoms. The Kier molecular flexibility index (Phi) is 4.42. The zero-order chi connectivity index (χ0) is 18.1. The highest BCUT2D eigenvalue weighted by Crippen LogP contribution is 2.24. The third-order valence-electron chi connectivity index (χ3n) is 4.20. The lowest BCUT2D eigenvalue weighted by molar-refractivity contribution is -0.119.